The number of ketones is 1. The Bertz CT molecular complexity index is 789. The standard InChI is InChI=1S/C24H34N2O3/c1-24-8-7-17-18(20(24)5-6-23(24)27)4-3-16-13-22(29-15-28-2)21(14-19(16)17)26-11-9-25-10-12-26/h13-14,17-18,20,25H,3-12,15H2,1-2H3/t17-,18+,20-,24-/m0/s1. The lowest BCUT2D eigenvalue weighted by molar-refractivity contribution is -0.129. The van der Waals surface area contributed by atoms with Gasteiger partial charge in [-0.25, -0.2) is 0 Å². The van der Waals surface area contributed by atoms with Gasteiger partial charge in [-0.05, 0) is 73.1 Å². The molecular weight excluding hydrogens is 364 g/mol. The lowest BCUT2D eigenvalue weighted by atomic mass is 9.55. The first-order valence-corrected chi connectivity index (χ1v) is 11.4. The molecule has 0 bridgehead atoms. The summed E-state index contributed by atoms with van der Waals surface area (Å²) in [4.78, 5) is 15.1. The maximum atomic E-state index is 12.6. The van der Waals surface area contributed by atoms with Crippen LogP contribution >= 0.6 is 0 Å². The molecule has 1 aromatic rings. The Labute approximate surface area is 174 Å². The monoisotopic (exact) mass is 398 g/mol. The van der Waals surface area contributed by atoms with Crippen molar-refractivity contribution in [2.45, 2.75) is 51.4 Å². The zero-order valence-electron chi connectivity index (χ0n) is 17.8. The highest BCUT2D eigenvalue weighted by molar-refractivity contribution is 5.87. The molecule has 0 unspecified atom stereocenters. The Kier molecular flexibility index (Phi) is 5.07. The third kappa shape index (κ3) is 3.17. The average molecular weight is 399 g/mol. The van der Waals surface area contributed by atoms with Gasteiger partial charge in [0.2, 0.25) is 0 Å². The Hall–Kier alpha value is -1.59. The summed E-state index contributed by atoms with van der Waals surface area (Å²) < 4.78 is 11.2. The predicted octanol–water partition coefficient (Wildman–Crippen LogP) is 3.50. The van der Waals surface area contributed by atoms with Gasteiger partial charge in [0.05, 0.1) is 5.69 Å². The van der Waals surface area contributed by atoms with Gasteiger partial charge in [0.15, 0.2) is 6.79 Å². The first kappa shape index (κ1) is 19.4. The number of fused-ring (bicyclic) bond motifs is 5. The molecule has 1 heterocycles. The third-order valence-corrected chi connectivity index (χ3v) is 8.30. The van der Waals surface area contributed by atoms with E-state index in [-0.39, 0.29) is 12.2 Å². The fraction of sp³-hybridized carbons (Fsp3) is 0.708. The van der Waals surface area contributed by atoms with Gasteiger partial charge in [-0.2, -0.15) is 0 Å². The summed E-state index contributed by atoms with van der Waals surface area (Å²) in [5, 5.41) is 3.45. The van der Waals surface area contributed by atoms with Crippen LogP contribution in [0.4, 0.5) is 5.69 Å². The lowest BCUT2D eigenvalue weighted by Gasteiger charge is -2.48. The maximum absolute atomic E-state index is 12.6. The highest BCUT2D eigenvalue weighted by atomic mass is 16.7. The van der Waals surface area contributed by atoms with E-state index in [1.165, 1.54) is 23.2 Å². The topological polar surface area (TPSA) is 50.8 Å². The number of ether oxygens (including phenoxy) is 2. The largest absolute Gasteiger partial charge is 0.465 e. The molecule has 1 saturated heterocycles. The van der Waals surface area contributed by atoms with Crippen LogP contribution in [0.3, 0.4) is 0 Å². The molecule has 29 heavy (non-hydrogen) atoms. The number of piperazine rings is 1. The molecule has 0 amide bonds. The van der Waals surface area contributed by atoms with Crippen molar-refractivity contribution in [2.24, 2.45) is 17.3 Å². The predicted molar refractivity (Wildman–Crippen MR) is 114 cm³/mol. The molecule has 0 aromatic heterocycles. The minimum atomic E-state index is -0.0540. The number of nitrogens with zero attached hydrogens (tertiary/aromatic N) is 1. The van der Waals surface area contributed by atoms with Crippen molar-refractivity contribution in [1.82, 2.24) is 5.32 Å². The molecule has 5 nitrogen and oxygen atoms in total. The van der Waals surface area contributed by atoms with Crippen LogP contribution in [0.2, 0.25) is 0 Å². The number of benzene rings is 1. The molecule has 0 radical (unpaired) electrons. The molecule has 5 heteroatoms. The van der Waals surface area contributed by atoms with Gasteiger partial charge in [0, 0.05) is 45.1 Å². The van der Waals surface area contributed by atoms with Gasteiger partial charge in [0.1, 0.15) is 11.5 Å². The van der Waals surface area contributed by atoms with Gasteiger partial charge in [-0.15, -0.1) is 0 Å². The Morgan fingerprint density at radius 3 is 2.79 bits per heavy atom. The van der Waals surface area contributed by atoms with E-state index in [1.54, 1.807) is 7.11 Å². The van der Waals surface area contributed by atoms with Crippen molar-refractivity contribution < 1.29 is 14.3 Å². The summed E-state index contributed by atoms with van der Waals surface area (Å²) in [6, 6.07) is 4.72. The molecule has 0 spiro atoms. The van der Waals surface area contributed by atoms with E-state index < -0.39 is 0 Å². The molecule has 1 aromatic carbocycles. The van der Waals surface area contributed by atoms with Crippen molar-refractivity contribution >= 4 is 11.5 Å². The highest BCUT2D eigenvalue weighted by Gasteiger charge is 2.54. The van der Waals surface area contributed by atoms with E-state index in [1.807, 2.05) is 0 Å². The number of anilines is 1. The first-order chi connectivity index (χ1) is 14.1. The molecule has 3 aliphatic carbocycles. The summed E-state index contributed by atoms with van der Waals surface area (Å²) in [5.41, 5.74) is 4.14. The quantitative estimate of drug-likeness (QED) is 0.787. The minimum absolute atomic E-state index is 0.0540. The van der Waals surface area contributed by atoms with E-state index in [9.17, 15) is 4.79 Å². The zero-order valence-corrected chi connectivity index (χ0v) is 17.8. The fourth-order valence-electron chi connectivity index (χ4n) is 6.75. The second kappa shape index (κ2) is 7.59. The van der Waals surface area contributed by atoms with Crippen molar-refractivity contribution in [3.8, 4) is 5.75 Å². The van der Waals surface area contributed by atoms with Crippen molar-refractivity contribution in [1.29, 1.82) is 0 Å². The second-order valence-corrected chi connectivity index (χ2v) is 9.64. The second-order valence-electron chi connectivity index (χ2n) is 9.64. The third-order valence-electron chi connectivity index (χ3n) is 8.30. The molecule has 2 saturated carbocycles. The number of hydrogen-bond acceptors (Lipinski definition) is 5. The fourth-order valence-corrected chi connectivity index (χ4v) is 6.75. The van der Waals surface area contributed by atoms with Gasteiger partial charge in [-0.1, -0.05) is 6.92 Å². The summed E-state index contributed by atoms with van der Waals surface area (Å²) in [5.74, 6) is 3.32. The van der Waals surface area contributed by atoms with Crippen molar-refractivity contribution in [3.63, 3.8) is 0 Å². The zero-order chi connectivity index (χ0) is 20.0. The van der Waals surface area contributed by atoms with Crippen LogP contribution in [0.5, 0.6) is 5.75 Å². The van der Waals surface area contributed by atoms with Gasteiger partial charge >= 0.3 is 0 Å². The number of hydrogen-bond donors (Lipinski definition) is 1. The van der Waals surface area contributed by atoms with Gasteiger partial charge in [0.25, 0.3) is 0 Å². The SMILES string of the molecule is COCOc1cc2c(cc1N1CCNCC1)[C@H]1CC[C@]3(C)C(=O)CC[C@H]3[C@@H]1CC2. The molecule has 4 atom stereocenters. The van der Waals surface area contributed by atoms with Crippen LogP contribution in [0, 0.1) is 17.3 Å². The smallest absolute Gasteiger partial charge is 0.188 e. The number of methoxy groups -OCH3 is 1. The van der Waals surface area contributed by atoms with Crippen molar-refractivity contribution in [2.75, 3.05) is 45.0 Å². The molecule has 4 aliphatic rings. The van der Waals surface area contributed by atoms with Crippen LogP contribution in [-0.2, 0) is 16.0 Å². The van der Waals surface area contributed by atoms with Crippen LogP contribution in [0.15, 0.2) is 12.1 Å². The van der Waals surface area contributed by atoms with E-state index >= 15 is 0 Å². The number of Topliss-reactive ketones (excluding diaryl/α,β-unsaturated/α-hetero) is 1. The first-order valence-electron chi connectivity index (χ1n) is 11.4. The average Bonchev–Trinajstić information content (AvgIpc) is 3.06. The summed E-state index contributed by atoms with van der Waals surface area (Å²) in [7, 11) is 1.68. The number of rotatable bonds is 4. The molecule has 1 aliphatic heterocycles. The Balaban J connectivity index is 1.50. The van der Waals surface area contributed by atoms with E-state index in [0.717, 1.165) is 64.0 Å². The van der Waals surface area contributed by atoms with Gasteiger partial charge < -0.3 is 19.7 Å². The van der Waals surface area contributed by atoms with Crippen LogP contribution in [0.1, 0.15) is 56.1 Å². The molecule has 5 rings (SSSR count). The Morgan fingerprint density at radius 1 is 1.17 bits per heavy atom. The number of nitrogens with one attached hydrogen (secondary N) is 1. The van der Waals surface area contributed by atoms with E-state index in [2.05, 4.69) is 29.3 Å². The van der Waals surface area contributed by atoms with E-state index in [4.69, 9.17) is 9.47 Å². The summed E-state index contributed by atoms with van der Waals surface area (Å²) >= 11 is 0. The molecular formula is C24H34N2O3. The summed E-state index contributed by atoms with van der Waals surface area (Å²) in [6.07, 6.45) is 6.42. The molecule has 1 N–H and O–H groups in total. The summed E-state index contributed by atoms with van der Waals surface area (Å²) in [6.45, 7) is 6.57. The maximum Gasteiger partial charge on any atom is 0.188 e. The van der Waals surface area contributed by atoms with Crippen LogP contribution in [0.25, 0.3) is 0 Å². The number of carbonyl (C=O) groups excluding carboxylic acids is 1. The van der Waals surface area contributed by atoms with Crippen LogP contribution < -0.4 is 15.0 Å². The minimum Gasteiger partial charge on any atom is -0.465 e. The Morgan fingerprint density at radius 2 is 2.00 bits per heavy atom. The molecule has 3 fully saturated rings. The van der Waals surface area contributed by atoms with Gasteiger partial charge in [-0.3, -0.25) is 4.79 Å². The lowest BCUT2D eigenvalue weighted by Crippen LogP contribution is -2.44. The highest BCUT2D eigenvalue weighted by Crippen LogP contribution is 2.60. The van der Waals surface area contributed by atoms with E-state index in [0.29, 0.717) is 23.5 Å². The normalized spacial score (nSPS) is 33.8. The number of aryl methyl sites for hydroxylation is 1. The molecule has 158 valence electrons. The van der Waals surface area contributed by atoms with Crippen molar-refractivity contribution in [3.05, 3.63) is 23.3 Å². The number of carbonyl (C=O) groups is 1. The van der Waals surface area contributed by atoms with Crippen LogP contribution in [-0.4, -0.2) is 45.9 Å².